The molecule has 156 valence electrons. The Hall–Kier alpha value is -0.944. The molecule has 1 aliphatic carbocycles. The molecule has 2 unspecified atom stereocenters. The molecule has 0 amide bonds. The Morgan fingerprint density at radius 1 is 1.25 bits per heavy atom. The Labute approximate surface area is 176 Å². The van der Waals surface area contributed by atoms with Gasteiger partial charge in [-0.1, -0.05) is 0 Å². The SMILES string of the molecule is C=C1C(C([Se]c2ccccc2)C(=O)OC)C[C@@H](O[Si](C)(C)C(C)(C)C)C[C@@H]1F. The maximum absolute atomic E-state index is 14.9. The molecule has 0 aliphatic heterocycles. The first-order valence-electron chi connectivity index (χ1n) is 9.76. The zero-order valence-corrected chi connectivity index (χ0v) is 20.5. The molecule has 3 nitrogen and oxygen atoms in total. The van der Waals surface area contributed by atoms with E-state index in [0.717, 1.165) is 4.46 Å². The Kier molecular flexibility index (Phi) is 7.71. The molecule has 1 aromatic rings. The number of hydrogen-bond donors (Lipinski definition) is 0. The minimum atomic E-state index is -2.03. The summed E-state index contributed by atoms with van der Waals surface area (Å²) in [6, 6.07) is 9.90. The molecule has 0 saturated heterocycles. The number of methoxy groups -OCH3 is 1. The van der Waals surface area contributed by atoms with Crippen molar-refractivity contribution in [3.05, 3.63) is 42.5 Å². The molecule has 0 radical (unpaired) electrons. The Balaban J connectivity index is 2.25. The first-order valence-corrected chi connectivity index (χ1v) is 14.5. The molecule has 28 heavy (non-hydrogen) atoms. The van der Waals surface area contributed by atoms with E-state index in [1.54, 1.807) is 0 Å². The van der Waals surface area contributed by atoms with Crippen molar-refractivity contribution in [3.63, 3.8) is 0 Å². The monoisotopic (exact) mass is 472 g/mol. The standard InChI is InChI=1S/C22H33FO3SeSi/c1-15-18(20(21(24)25-5)27-17-11-9-8-10-12-17)13-16(14-19(15)23)26-28(6,7)22(2,3)4/h8-12,16,18-20H,1,13-14H2,2-7H3/t16-,18?,19+,20?/m1/s1. The minimum absolute atomic E-state index is 0.0541. The molecule has 4 atom stereocenters. The number of carbonyl (C=O) groups excluding carboxylic acids is 1. The van der Waals surface area contributed by atoms with Gasteiger partial charge in [0.2, 0.25) is 0 Å². The number of hydrogen-bond acceptors (Lipinski definition) is 3. The van der Waals surface area contributed by atoms with Crippen molar-refractivity contribution in [2.24, 2.45) is 5.92 Å². The summed E-state index contributed by atoms with van der Waals surface area (Å²) in [5.74, 6) is -0.540. The predicted octanol–water partition coefficient (Wildman–Crippen LogP) is 4.67. The van der Waals surface area contributed by atoms with Gasteiger partial charge in [0.1, 0.15) is 0 Å². The zero-order chi connectivity index (χ0) is 21.1. The third-order valence-corrected chi connectivity index (χ3v) is 13.2. The van der Waals surface area contributed by atoms with Crippen molar-refractivity contribution >= 4 is 33.7 Å². The van der Waals surface area contributed by atoms with Gasteiger partial charge in [-0.3, -0.25) is 0 Å². The fraction of sp³-hybridized carbons (Fsp3) is 0.591. The van der Waals surface area contributed by atoms with Crippen LogP contribution in [0.5, 0.6) is 0 Å². The van der Waals surface area contributed by atoms with Gasteiger partial charge in [0.05, 0.1) is 0 Å². The topological polar surface area (TPSA) is 35.5 Å². The van der Waals surface area contributed by atoms with Crippen LogP contribution in [-0.4, -0.2) is 48.6 Å². The summed E-state index contributed by atoms with van der Waals surface area (Å²) in [5.41, 5.74) is 0.517. The van der Waals surface area contributed by atoms with E-state index in [-0.39, 0.29) is 38.0 Å². The molecule has 6 heteroatoms. The summed E-state index contributed by atoms with van der Waals surface area (Å²) in [6.07, 6.45) is -0.383. The molecule has 0 bridgehead atoms. The second-order valence-corrected chi connectivity index (χ2v) is 16.3. The number of carbonyl (C=O) groups is 1. The van der Waals surface area contributed by atoms with Crippen LogP contribution in [0.25, 0.3) is 0 Å². The molecule has 0 spiro atoms. The van der Waals surface area contributed by atoms with Gasteiger partial charge in [-0.15, -0.1) is 0 Å². The molecule has 1 fully saturated rings. The molecule has 1 aromatic carbocycles. The number of allylic oxidation sites excluding steroid dienone is 1. The van der Waals surface area contributed by atoms with Gasteiger partial charge < -0.3 is 0 Å². The Bertz CT molecular complexity index is 687. The fourth-order valence-electron chi connectivity index (χ4n) is 3.21. The van der Waals surface area contributed by atoms with Gasteiger partial charge in [-0.2, -0.15) is 0 Å². The summed E-state index contributed by atoms with van der Waals surface area (Å²) in [7, 11) is -0.624. The van der Waals surface area contributed by atoms with Crippen molar-refractivity contribution in [2.75, 3.05) is 7.11 Å². The van der Waals surface area contributed by atoms with Crippen molar-refractivity contribution in [1.29, 1.82) is 0 Å². The van der Waals surface area contributed by atoms with Crippen LogP contribution in [-0.2, 0) is 14.0 Å². The van der Waals surface area contributed by atoms with E-state index in [9.17, 15) is 9.18 Å². The second kappa shape index (κ2) is 9.25. The number of halogens is 1. The number of rotatable bonds is 6. The summed E-state index contributed by atoms with van der Waals surface area (Å²) in [5, 5.41) is 0.0541. The Morgan fingerprint density at radius 2 is 1.86 bits per heavy atom. The van der Waals surface area contributed by atoms with E-state index in [2.05, 4.69) is 40.4 Å². The van der Waals surface area contributed by atoms with Crippen molar-refractivity contribution in [3.8, 4) is 0 Å². The molecule has 0 aromatic heterocycles. The van der Waals surface area contributed by atoms with Crippen LogP contribution in [0.15, 0.2) is 42.5 Å². The quantitative estimate of drug-likeness (QED) is 0.344. The molecule has 1 aliphatic rings. The molecule has 2 rings (SSSR count). The average molecular weight is 472 g/mol. The van der Waals surface area contributed by atoms with E-state index >= 15 is 0 Å². The summed E-state index contributed by atoms with van der Waals surface area (Å²) < 4.78 is 27.6. The molecular formula is C22H33FO3SeSi. The third kappa shape index (κ3) is 5.56. The fourth-order valence-corrected chi connectivity index (χ4v) is 7.21. The number of ether oxygens (including phenoxy) is 1. The predicted molar refractivity (Wildman–Crippen MR) is 116 cm³/mol. The first-order chi connectivity index (χ1) is 13.0. The van der Waals surface area contributed by atoms with Gasteiger partial charge >= 0.3 is 176 Å². The summed E-state index contributed by atoms with van der Waals surface area (Å²) in [4.78, 5) is 12.2. The number of alkyl halides is 1. The Morgan fingerprint density at radius 3 is 2.39 bits per heavy atom. The second-order valence-electron chi connectivity index (χ2n) is 9.00. The van der Waals surface area contributed by atoms with Crippen LogP contribution in [0.1, 0.15) is 33.6 Å². The van der Waals surface area contributed by atoms with Crippen molar-refractivity contribution in [1.82, 2.24) is 0 Å². The van der Waals surface area contributed by atoms with Crippen LogP contribution in [0, 0.1) is 5.92 Å². The van der Waals surface area contributed by atoms with Crippen LogP contribution < -0.4 is 4.46 Å². The zero-order valence-electron chi connectivity index (χ0n) is 17.8. The van der Waals surface area contributed by atoms with Gasteiger partial charge in [-0.05, 0) is 0 Å². The summed E-state index contributed by atoms with van der Waals surface area (Å²) >= 11 is -0.166. The number of esters is 1. The molecule has 1 saturated carbocycles. The summed E-state index contributed by atoms with van der Waals surface area (Å²) in [6.45, 7) is 14.9. The van der Waals surface area contributed by atoms with Crippen LogP contribution in [0.2, 0.25) is 22.9 Å². The van der Waals surface area contributed by atoms with Crippen molar-refractivity contribution in [2.45, 2.75) is 68.8 Å². The van der Waals surface area contributed by atoms with E-state index in [1.807, 2.05) is 30.3 Å². The van der Waals surface area contributed by atoms with Gasteiger partial charge in [0.15, 0.2) is 0 Å². The van der Waals surface area contributed by atoms with E-state index < -0.39 is 19.3 Å². The van der Waals surface area contributed by atoms with Crippen LogP contribution >= 0.6 is 0 Å². The third-order valence-electron chi connectivity index (χ3n) is 5.94. The average Bonchev–Trinajstić information content (AvgIpc) is 2.61. The van der Waals surface area contributed by atoms with Gasteiger partial charge in [-0.25, -0.2) is 0 Å². The normalized spacial score (nSPS) is 24.7. The van der Waals surface area contributed by atoms with Crippen molar-refractivity contribution < 1.29 is 18.3 Å². The van der Waals surface area contributed by atoms with E-state index in [1.165, 1.54) is 7.11 Å². The van der Waals surface area contributed by atoms with E-state index in [0.29, 0.717) is 18.4 Å². The maximum atomic E-state index is 14.9. The van der Waals surface area contributed by atoms with Crippen LogP contribution in [0.4, 0.5) is 4.39 Å². The van der Waals surface area contributed by atoms with Gasteiger partial charge in [0.25, 0.3) is 0 Å². The van der Waals surface area contributed by atoms with Crippen LogP contribution in [0.3, 0.4) is 0 Å². The number of benzene rings is 1. The first kappa shape index (κ1) is 23.3. The molecule has 0 N–H and O–H groups in total. The van der Waals surface area contributed by atoms with Gasteiger partial charge in [0, 0.05) is 0 Å². The molecule has 0 heterocycles. The molecular weight excluding hydrogens is 438 g/mol. The van der Waals surface area contributed by atoms with E-state index in [4.69, 9.17) is 9.16 Å².